The lowest BCUT2D eigenvalue weighted by Crippen LogP contribution is -2.50. The largest absolute Gasteiger partial charge is 0.508 e. The summed E-state index contributed by atoms with van der Waals surface area (Å²) in [6.07, 6.45) is 0.149. The summed E-state index contributed by atoms with van der Waals surface area (Å²) < 4.78 is 0. The van der Waals surface area contributed by atoms with Crippen molar-refractivity contribution in [1.29, 1.82) is 5.41 Å². The van der Waals surface area contributed by atoms with Crippen LogP contribution in [-0.2, 0) is 22.6 Å². The fraction of sp³-hybridized carbons (Fsp3) is 0.129. The molecule has 0 aliphatic carbocycles. The van der Waals surface area contributed by atoms with Crippen LogP contribution < -0.4 is 11.5 Å². The van der Waals surface area contributed by atoms with E-state index in [4.69, 9.17) is 16.9 Å². The van der Waals surface area contributed by atoms with Crippen molar-refractivity contribution in [2.24, 2.45) is 11.5 Å². The number of primary amides is 1. The molecule has 0 radical (unpaired) electrons. The van der Waals surface area contributed by atoms with Gasteiger partial charge in [0.1, 0.15) is 17.6 Å². The summed E-state index contributed by atoms with van der Waals surface area (Å²) in [6.45, 7) is 0.106. The average molecular weight is 507 g/mol. The van der Waals surface area contributed by atoms with Crippen molar-refractivity contribution in [1.82, 2.24) is 4.90 Å². The number of nitrogens with one attached hydrogen (secondary N) is 1. The van der Waals surface area contributed by atoms with Gasteiger partial charge in [-0.2, -0.15) is 0 Å². The van der Waals surface area contributed by atoms with Crippen molar-refractivity contribution in [2.75, 3.05) is 0 Å². The number of nitrogens with zero attached hydrogens (tertiary/aromatic N) is 1. The quantitative estimate of drug-likeness (QED) is 0.191. The van der Waals surface area contributed by atoms with Gasteiger partial charge in [0.25, 0.3) is 0 Å². The lowest BCUT2D eigenvalue weighted by molar-refractivity contribution is -0.140. The minimum absolute atomic E-state index is 0.0901. The van der Waals surface area contributed by atoms with Crippen LogP contribution in [0.3, 0.4) is 0 Å². The normalized spacial score (nSPS) is 11.6. The van der Waals surface area contributed by atoms with Gasteiger partial charge in [-0.15, -0.1) is 0 Å². The zero-order valence-corrected chi connectivity index (χ0v) is 20.8. The standard InChI is InChI=1S/C31H30N4O3/c32-29(33)25-13-7-8-22(18-25)19-27(30(34)37)35(20-21-14-16-26(36)17-15-21)31(38)28(23-9-3-1-4-10-23)24-11-5-2-6-12-24/h1-18,27-28,36H,19-20H2,(H3,32,33)(H2,34,37)/t27-/m1/s1. The molecule has 0 aromatic heterocycles. The van der Waals surface area contributed by atoms with E-state index in [0.717, 1.165) is 22.3 Å². The first-order valence-corrected chi connectivity index (χ1v) is 12.2. The van der Waals surface area contributed by atoms with Crippen LogP contribution in [0.5, 0.6) is 5.75 Å². The number of hydrogen-bond acceptors (Lipinski definition) is 4. The molecule has 4 aromatic rings. The molecule has 192 valence electrons. The third-order valence-electron chi connectivity index (χ3n) is 6.46. The number of nitrogen functional groups attached to an aromatic ring is 1. The third-order valence-corrected chi connectivity index (χ3v) is 6.46. The molecule has 38 heavy (non-hydrogen) atoms. The Balaban J connectivity index is 1.79. The van der Waals surface area contributed by atoms with Crippen LogP contribution in [0.25, 0.3) is 0 Å². The Morgan fingerprint density at radius 3 is 1.87 bits per heavy atom. The van der Waals surface area contributed by atoms with Crippen molar-refractivity contribution in [3.8, 4) is 5.75 Å². The summed E-state index contributed by atoms with van der Waals surface area (Å²) in [4.78, 5) is 28.9. The van der Waals surface area contributed by atoms with E-state index >= 15 is 0 Å². The molecular formula is C31H30N4O3. The molecule has 0 unspecified atom stereocenters. The number of benzene rings is 4. The van der Waals surface area contributed by atoms with Crippen LogP contribution in [0.15, 0.2) is 109 Å². The summed E-state index contributed by atoms with van der Waals surface area (Å²) in [5, 5.41) is 17.5. The summed E-state index contributed by atoms with van der Waals surface area (Å²) in [7, 11) is 0. The Hall–Kier alpha value is -4.91. The molecule has 0 saturated carbocycles. The van der Waals surface area contributed by atoms with Crippen LogP contribution in [0.1, 0.15) is 33.7 Å². The molecule has 6 N–H and O–H groups in total. The molecule has 0 aliphatic rings. The van der Waals surface area contributed by atoms with Crippen LogP contribution in [0, 0.1) is 5.41 Å². The van der Waals surface area contributed by atoms with Crippen molar-refractivity contribution in [3.05, 3.63) is 137 Å². The second-order valence-corrected chi connectivity index (χ2v) is 9.12. The summed E-state index contributed by atoms with van der Waals surface area (Å²) in [5.41, 5.74) is 15.2. The minimum atomic E-state index is -0.978. The Bertz CT molecular complexity index is 1370. The van der Waals surface area contributed by atoms with Gasteiger partial charge in [0.2, 0.25) is 11.8 Å². The Kier molecular flexibility index (Phi) is 8.18. The number of rotatable bonds is 10. The first-order valence-electron chi connectivity index (χ1n) is 12.2. The van der Waals surface area contributed by atoms with E-state index in [1.165, 1.54) is 4.90 Å². The van der Waals surface area contributed by atoms with E-state index in [-0.39, 0.29) is 30.5 Å². The molecule has 1 atom stereocenters. The first kappa shape index (κ1) is 26.2. The van der Waals surface area contributed by atoms with Crippen LogP contribution in [0.2, 0.25) is 0 Å². The van der Waals surface area contributed by atoms with Gasteiger partial charge in [-0.05, 0) is 40.5 Å². The van der Waals surface area contributed by atoms with Gasteiger partial charge in [0, 0.05) is 18.5 Å². The van der Waals surface area contributed by atoms with E-state index in [2.05, 4.69) is 0 Å². The molecule has 4 aromatic carbocycles. The van der Waals surface area contributed by atoms with E-state index in [0.29, 0.717) is 5.56 Å². The van der Waals surface area contributed by atoms with Crippen molar-refractivity contribution in [3.63, 3.8) is 0 Å². The molecule has 0 heterocycles. The SMILES string of the molecule is N=C(N)c1cccc(C[C@H](C(N)=O)N(Cc2ccc(O)cc2)C(=O)C(c2ccccc2)c2ccccc2)c1. The summed E-state index contributed by atoms with van der Waals surface area (Å²) in [5.74, 6) is -1.58. The molecule has 0 spiro atoms. The van der Waals surface area contributed by atoms with Gasteiger partial charge in [-0.25, -0.2) is 0 Å². The maximum absolute atomic E-state index is 14.4. The number of phenolic OH excluding ortho intramolecular Hbond substituents is 1. The third kappa shape index (κ3) is 6.25. The second-order valence-electron chi connectivity index (χ2n) is 9.12. The van der Waals surface area contributed by atoms with Crippen molar-refractivity contribution < 1.29 is 14.7 Å². The van der Waals surface area contributed by atoms with E-state index in [1.54, 1.807) is 42.5 Å². The van der Waals surface area contributed by atoms with Gasteiger partial charge in [0.05, 0.1) is 5.92 Å². The van der Waals surface area contributed by atoms with Crippen molar-refractivity contribution >= 4 is 17.6 Å². The van der Waals surface area contributed by atoms with Gasteiger partial charge in [-0.1, -0.05) is 91.0 Å². The minimum Gasteiger partial charge on any atom is -0.508 e. The highest BCUT2D eigenvalue weighted by atomic mass is 16.3. The number of phenols is 1. The average Bonchev–Trinajstić information content (AvgIpc) is 2.93. The molecule has 0 saturated heterocycles. The monoisotopic (exact) mass is 506 g/mol. The smallest absolute Gasteiger partial charge is 0.240 e. The number of carbonyl (C=O) groups is 2. The maximum Gasteiger partial charge on any atom is 0.240 e. The van der Waals surface area contributed by atoms with Crippen LogP contribution in [0.4, 0.5) is 0 Å². The Labute approximate surface area is 221 Å². The fourth-order valence-corrected chi connectivity index (χ4v) is 4.53. The molecule has 2 amide bonds. The van der Waals surface area contributed by atoms with Crippen molar-refractivity contribution in [2.45, 2.75) is 24.9 Å². The molecule has 0 aliphatic heterocycles. The van der Waals surface area contributed by atoms with E-state index in [9.17, 15) is 14.7 Å². The highest BCUT2D eigenvalue weighted by Gasteiger charge is 2.34. The molecule has 7 nitrogen and oxygen atoms in total. The Morgan fingerprint density at radius 2 is 1.34 bits per heavy atom. The number of amidine groups is 1. The zero-order chi connectivity index (χ0) is 27.1. The second kappa shape index (κ2) is 11.9. The van der Waals surface area contributed by atoms with E-state index < -0.39 is 17.9 Å². The summed E-state index contributed by atoms with van der Waals surface area (Å²) >= 11 is 0. The molecule has 4 rings (SSSR count). The van der Waals surface area contributed by atoms with Gasteiger partial charge in [0.15, 0.2) is 0 Å². The van der Waals surface area contributed by atoms with Crippen LogP contribution in [-0.4, -0.2) is 33.7 Å². The topological polar surface area (TPSA) is 134 Å². The van der Waals surface area contributed by atoms with E-state index in [1.807, 2.05) is 66.7 Å². The first-order chi connectivity index (χ1) is 18.3. The van der Waals surface area contributed by atoms with Gasteiger partial charge in [-0.3, -0.25) is 15.0 Å². The maximum atomic E-state index is 14.4. The number of aromatic hydroxyl groups is 1. The van der Waals surface area contributed by atoms with Gasteiger partial charge < -0.3 is 21.5 Å². The summed E-state index contributed by atoms with van der Waals surface area (Å²) in [6, 6.07) is 31.4. The molecular weight excluding hydrogens is 476 g/mol. The number of hydrogen-bond donors (Lipinski definition) is 4. The lowest BCUT2D eigenvalue weighted by Gasteiger charge is -2.33. The van der Waals surface area contributed by atoms with Crippen LogP contribution >= 0.6 is 0 Å². The highest BCUT2D eigenvalue weighted by Crippen LogP contribution is 2.29. The highest BCUT2D eigenvalue weighted by molar-refractivity contribution is 5.95. The number of carbonyl (C=O) groups excluding carboxylic acids is 2. The predicted octanol–water partition coefficient (Wildman–Crippen LogP) is 3.93. The number of nitrogens with two attached hydrogens (primary N) is 2. The molecule has 0 bridgehead atoms. The molecule has 0 fully saturated rings. The fourth-order valence-electron chi connectivity index (χ4n) is 4.53. The number of amides is 2. The Morgan fingerprint density at radius 1 is 0.763 bits per heavy atom. The predicted molar refractivity (Wildman–Crippen MR) is 148 cm³/mol. The van der Waals surface area contributed by atoms with Gasteiger partial charge >= 0.3 is 0 Å². The molecule has 7 heteroatoms. The lowest BCUT2D eigenvalue weighted by atomic mass is 9.88. The zero-order valence-electron chi connectivity index (χ0n) is 20.8.